The molecule has 0 saturated heterocycles. The molecule has 1 rings (SSSR count). The fourth-order valence-electron chi connectivity index (χ4n) is 1.36. The van der Waals surface area contributed by atoms with Crippen LogP contribution in [-0.2, 0) is 4.79 Å². The van der Waals surface area contributed by atoms with Gasteiger partial charge in [0.15, 0.2) is 0 Å². The number of hydrogen-bond donors (Lipinski definition) is 2. The quantitative estimate of drug-likeness (QED) is 0.839. The summed E-state index contributed by atoms with van der Waals surface area (Å²) in [5.74, 6) is 1.43. The van der Waals surface area contributed by atoms with Crippen molar-refractivity contribution in [2.75, 3.05) is 24.4 Å². The van der Waals surface area contributed by atoms with E-state index in [9.17, 15) is 4.79 Å². The van der Waals surface area contributed by atoms with Gasteiger partial charge in [-0.15, -0.1) is 0 Å². The first kappa shape index (κ1) is 15.3. The number of benzene rings is 1. The molecule has 0 aromatic heterocycles. The maximum atomic E-state index is 11.8. The van der Waals surface area contributed by atoms with Gasteiger partial charge in [0.2, 0.25) is 5.91 Å². The third-order valence-corrected chi connectivity index (χ3v) is 3.65. The summed E-state index contributed by atoms with van der Waals surface area (Å²) in [6, 6.07) is 4.88. The van der Waals surface area contributed by atoms with Crippen LogP contribution in [0, 0.1) is 0 Å². The Kier molecular flexibility index (Phi) is 6.52. The van der Waals surface area contributed by atoms with Crippen molar-refractivity contribution in [1.82, 2.24) is 0 Å². The molecule has 3 N–H and O–H groups in total. The average Bonchev–Trinajstić information content (AvgIpc) is 2.36. The minimum absolute atomic E-state index is 0.166. The van der Waals surface area contributed by atoms with Gasteiger partial charge >= 0.3 is 0 Å². The fraction of sp³-hybridized carbons (Fsp3) is 0.417. The zero-order valence-electron chi connectivity index (χ0n) is 10.4. The minimum Gasteiger partial charge on any atom is -0.496 e. The van der Waals surface area contributed by atoms with Crippen LogP contribution in [0.25, 0.3) is 0 Å². The maximum Gasteiger partial charge on any atom is 0.241 e. The molecule has 1 atom stereocenters. The topological polar surface area (TPSA) is 64.3 Å². The molecular formula is C12H17BrN2O2S. The maximum absolute atomic E-state index is 11.8. The van der Waals surface area contributed by atoms with E-state index in [1.165, 1.54) is 0 Å². The molecule has 18 heavy (non-hydrogen) atoms. The average molecular weight is 333 g/mol. The van der Waals surface area contributed by atoms with Crippen LogP contribution in [-0.4, -0.2) is 31.1 Å². The van der Waals surface area contributed by atoms with E-state index in [1.54, 1.807) is 37.1 Å². The van der Waals surface area contributed by atoms with Crippen molar-refractivity contribution in [3.8, 4) is 5.75 Å². The number of hydrogen-bond acceptors (Lipinski definition) is 4. The molecule has 0 spiro atoms. The smallest absolute Gasteiger partial charge is 0.241 e. The summed E-state index contributed by atoms with van der Waals surface area (Å²) in [6.45, 7) is 0. The van der Waals surface area contributed by atoms with Gasteiger partial charge in [-0.25, -0.2) is 0 Å². The highest BCUT2D eigenvalue weighted by molar-refractivity contribution is 9.10. The Morgan fingerprint density at radius 1 is 1.61 bits per heavy atom. The van der Waals surface area contributed by atoms with Gasteiger partial charge in [-0.1, -0.05) is 0 Å². The van der Waals surface area contributed by atoms with Crippen molar-refractivity contribution in [2.45, 2.75) is 12.5 Å². The predicted octanol–water partition coefficient (Wildman–Crippen LogP) is 2.48. The second kappa shape index (κ2) is 7.66. The third kappa shape index (κ3) is 4.51. The van der Waals surface area contributed by atoms with Gasteiger partial charge in [0, 0.05) is 5.69 Å². The number of amides is 1. The summed E-state index contributed by atoms with van der Waals surface area (Å²) < 4.78 is 5.91. The molecule has 0 fully saturated rings. The van der Waals surface area contributed by atoms with Gasteiger partial charge in [-0.05, 0) is 52.6 Å². The van der Waals surface area contributed by atoms with Crippen molar-refractivity contribution in [3.63, 3.8) is 0 Å². The van der Waals surface area contributed by atoms with E-state index in [-0.39, 0.29) is 5.91 Å². The van der Waals surface area contributed by atoms with Crippen LogP contribution in [0.3, 0.4) is 0 Å². The normalized spacial score (nSPS) is 12.0. The van der Waals surface area contributed by atoms with Crippen LogP contribution in [0.2, 0.25) is 0 Å². The first-order valence-corrected chi connectivity index (χ1v) is 7.66. The number of nitrogens with two attached hydrogens (primary N) is 1. The van der Waals surface area contributed by atoms with Crippen molar-refractivity contribution >= 4 is 39.3 Å². The number of carbonyl (C=O) groups is 1. The van der Waals surface area contributed by atoms with Gasteiger partial charge in [0.05, 0.1) is 17.6 Å². The molecule has 0 heterocycles. The number of nitrogens with one attached hydrogen (secondary N) is 1. The summed E-state index contributed by atoms with van der Waals surface area (Å²) in [5.41, 5.74) is 6.48. The number of carbonyl (C=O) groups excluding carboxylic acids is 1. The Morgan fingerprint density at radius 2 is 2.33 bits per heavy atom. The van der Waals surface area contributed by atoms with Crippen LogP contribution in [0.4, 0.5) is 5.69 Å². The lowest BCUT2D eigenvalue weighted by Crippen LogP contribution is -2.36. The molecule has 1 amide bonds. The van der Waals surface area contributed by atoms with E-state index >= 15 is 0 Å². The summed E-state index contributed by atoms with van der Waals surface area (Å²) in [5, 5.41) is 2.78. The zero-order chi connectivity index (χ0) is 13.5. The second-order valence-electron chi connectivity index (χ2n) is 3.73. The lowest BCUT2D eigenvalue weighted by Gasteiger charge is -2.12. The molecule has 0 aliphatic rings. The number of thioether (sulfide) groups is 1. The van der Waals surface area contributed by atoms with Gasteiger partial charge in [0.25, 0.3) is 0 Å². The molecular weight excluding hydrogens is 316 g/mol. The first-order chi connectivity index (χ1) is 8.58. The first-order valence-electron chi connectivity index (χ1n) is 5.47. The Hall–Kier alpha value is -0.720. The standard InChI is InChI=1S/C12H17BrN2O2S/c1-17-11-4-3-8(7-9(11)13)15-12(16)10(14)5-6-18-2/h3-4,7,10H,5-6,14H2,1-2H3,(H,15,16)/t10-/m0/s1. The van der Waals surface area contributed by atoms with E-state index in [2.05, 4.69) is 21.2 Å². The van der Waals surface area contributed by atoms with Crippen molar-refractivity contribution in [2.24, 2.45) is 5.73 Å². The van der Waals surface area contributed by atoms with E-state index in [1.807, 2.05) is 6.26 Å². The lowest BCUT2D eigenvalue weighted by atomic mass is 10.2. The van der Waals surface area contributed by atoms with E-state index in [0.29, 0.717) is 12.1 Å². The Bertz CT molecular complexity index is 415. The fourth-order valence-corrected chi connectivity index (χ4v) is 2.39. The Labute approximate surface area is 120 Å². The van der Waals surface area contributed by atoms with Crippen molar-refractivity contribution in [1.29, 1.82) is 0 Å². The van der Waals surface area contributed by atoms with Crippen LogP contribution >= 0.6 is 27.7 Å². The summed E-state index contributed by atoms with van der Waals surface area (Å²) >= 11 is 5.04. The molecule has 0 aliphatic heterocycles. The molecule has 0 bridgehead atoms. The third-order valence-electron chi connectivity index (χ3n) is 2.39. The van der Waals surface area contributed by atoms with Gasteiger partial charge in [-0.2, -0.15) is 11.8 Å². The molecule has 0 unspecified atom stereocenters. The van der Waals surface area contributed by atoms with Gasteiger partial charge in [-0.3, -0.25) is 4.79 Å². The number of halogens is 1. The minimum atomic E-state index is -0.474. The number of rotatable bonds is 6. The zero-order valence-corrected chi connectivity index (χ0v) is 12.8. The Balaban J connectivity index is 2.61. The molecule has 100 valence electrons. The molecule has 0 aliphatic carbocycles. The van der Waals surface area contributed by atoms with Crippen LogP contribution < -0.4 is 15.8 Å². The molecule has 1 aromatic carbocycles. The van der Waals surface area contributed by atoms with Crippen molar-refractivity contribution < 1.29 is 9.53 Å². The molecule has 1 aromatic rings. The molecule has 0 saturated carbocycles. The summed E-state index contributed by atoms with van der Waals surface area (Å²) in [6.07, 6.45) is 2.66. The van der Waals surface area contributed by atoms with Gasteiger partial charge in [0.1, 0.15) is 5.75 Å². The predicted molar refractivity (Wildman–Crippen MR) is 80.3 cm³/mol. The second-order valence-corrected chi connectivity index (χ2v) is 5.57. The Morgan fingerprint density at radius 3 is 2.89 bits per heavy atom. The molecule has 0 radical (unpaired) electrons. The highest BCUT2D eigenvalue weighted by atomic mass is 79.9. The lowest BCUT2D eigenvalue weighted by molar-refractivity contribution is -0.117. The van der Waals surface area contributed by atoms with Crippen molar-refractivity contribution in [3.05, 3.63) is 22.7 Å². The summed E-state index contributed by atoms with van der Waals surface area (Å²) in [4.78, 5) is 11.8. The van der Waals surface area contributed by atoms with Crippen LogP contribution in [0.15, 0.2) is 22.7 Å². The summed E-state index contributed by atoms with van der Waals surface area (Å²) in [7, 11) is 1.59. The molecule has 4 nitrogen and oxygen atoms in total. The van der Waals surface area contributed by atoms with Crippen LogP contribution in [0.1, 0.15) is 6.42 Å². The van der Waals surface area contributed by atoms with E-state index in [0.717, 1.165) is 16.0 Å². The molecule has 6 heteroatoms. The highest BCUT2D eigenvalue weighted by Crippen LogP contribution is 2.27. The number of anilines is 1. The van der Waals surface area contributed by atoms with E-state index < -0.39 is 6.04 Å². The number of ether oxygens (including phenoxy) is 1. The number of methoxy groups -OCH3 is 1. The van der Waals surface area contributed by atoms with E-state index in [4.69, 9.17) is 10.5 Å². The largest absolute Gasteiger partial charge is 0.496 e. The van der Waals surface area contributed by atoms with Gasteiger partial charge < -0.3 is 15.8 Å². The SMILES string of the molecule is COc1ccc(NC(=O)[C@@H](N)CCSC)cc1Br. The van der Waals surface area contributed by atoms with Crippen LogP contribution in [0.5, 0.6) is 5.75 Å². The monoisotopic (exact) mass is 332 g/mol. The highest BCUT2D eigenvalue weighted by Gasteiger charge is 2.13.